The van der Waals surface area contributed by atoms with Crippen LogP contribution in [0.25, 0.3) is 5.69 Å². The van der Waals surface area contributed by atoms with Crippen LogP contribution in [0, 0.1) is 5.82 Å². The Morgan fingerprint density at radius 1 is 1.07 bits per heavy atom. The number of amides is 1. The number of rotatable bonds is 4. The largest absolute Gasteiger partial charge is 0.493 e. The zero-order valence-electron chi connectivity index (χ0n) is 16.6. The van der Waals surface area contributed by atoms with E-state index in [-0.39, 0.29) is 11.7 Å². The minimum absolute atomic E-state index is 0.112. The minimum atomic E-state index is -0.369. The van der Waals surface area contributed by atoms with E-state index < -0.39 is 0 Å². The Morgan fingerprint density at radius 3 is 2.73 bits per heavy atom. The van der Waals surface area contributed by atoms with Gasteiger partial charge in [-0.25, -0.2) is 9.07 Å². The maximum absolute atomic E-state index is 14.0. The number of nitrogens with zero attached hydrogens (tertiary/aromatic N) is 4. The van der Waals surface area contributed by atoms with Crippen LogP contribution in [0.4, 0.5) is 4.39 Å². The molecule has 7 heteroatoms. The third-order valence-corrected chi connectivity index (χ3v) is 5.73. The fourth-order valence-corrected chi connectivity index (χ4v) is 4.08. The molecule has 3 heterocycles. The van der Waals surface area contributed by atoms with Gasteiger partial charge < -0.3 is 9.64 Å². The van der Waals surface area contributed by atoms with Crippen LogP contribution >= 0.6 is 0 Å². The Bertz CT molecular complexity index is 1070. The molecule has 0 spiro atoms. The van der Waals surface area contributed by atoms with Crippen molar-refractivity contribution in [1.82, 2.24) is 19.6 Å². The molecule has 2 aliphatic rings. The molecule has 0 bridgehead atoms. The van der Waals surface area contributed by atoms with Crippen LogP contribution < -0.4 is 4.74 Å². The molecule has 6 nitrogen and oxygen atoms in total. The molecule has 0 atom stereocenters. The number of fused-ring (bicyclic) bond motifs is 1. The van der Waals surface area contributed by atoms with Crippen LogP contribution in [-0.2, 0) is 13.0 Å². The molecule has 1 amide bonds. The van der Waals surface area contributed by atoms with E-state index in [1.807, 2.05) is 4.90 Å². The zero-order valence-corrected chi connectivity index (χ0v) is 16.6. The smallest absolute Gasteiger partial charge is 0.274 e. The van der Waals surface area contributed by atoms with Gasteiger partial charge in [0.2, 0.25) is 0 Å². The Balaban J connectivity index is 1.20. The molecule has 0 radical (unpaired) electrons. The summed E-state index contributed by atoms with van der Waals surface area (Å²) in [6.45, 7) is 4.57. The molecule has 0 unspecified atom stereocenters. The fraction of sp³-hybridized carbons (Fsp3) is 0.304. The van der Waals surface area contributed by atoms with Gasteiger partial charge in [0.1, 0.15) is 17.3 Å². The number of hydrogen-bond acceptors (Lipinski definition) is 4. The van der Waals surface area contributed by atoms with Crippen molar-refractivity contribution in [2.24, 2.45) is 0 Å². The monoisotopic (exact) mass is 406 g/mol. The summed E-state index contributed by atoms with van der Waals surface area (Å²) in [4.78, 5) is 17.0. The third kappa shape index (κ3) is 3.68. The molecule has 0 saturated carbocycles. The van der Waals surface area contributed by atoms with Crippen LogP contribution in [0.1, 0.15) is 21.6 Å². The lowest BCUT2D eigenvalue weighted by Crippen LogP contribution is -2.48. The third-order valence-electron chi connectivity index (χ3n) is 5.73. The predicted octanol–water partition coefficient (Wildman–Crippen LogP) is 2.90. The zero-order chi connectivity index (χ0) is 20.5. The Kier molecular flexibility index (Phi) is 4.96. The van der Waals surface area contributed by atoms with Gasteiger partial charge >= 0.3 is 0 Å². The number of para-hydroxylation sites is 1. The number of carbonyl (C=O) groups excluding carboxylic acids is 1. The number of ether oxygens (including phenoxy) is 1. The molecule has 5 rings (SSSR count). The average molecular weight is 406 g/mol. The van der Waals surface area contributed by atoms with Crippen molar-refractivity contribution in [3.05, 3.63) is 77.4 Å². The van der Waals surface area contributed by atoms with Crippen LogP contribution in [0.15, 0.2) is 54.7 Å². The predicted molar refractivity (Wildman–Crippen MR) is 110 cm³/mol. The summed E-state index contributed by atoms with van der Waals surface area (Å²) in [5.74, 6) is 0.523. The molecule has 1 saturated heterocycles. The quantitative estimate of drug-likeness (QED) is 0.669. The molecule has 0 aliphatic carbocycles. The van der Waals surface area contributed by atoms with Gasteiger partial charge in [0, 0.05) is 45.3 Å². The summed E-state index contributed by atoms with van der Waals surface area (Å²) in [7, 11) is 0. The highest BCUT2D eigenvalue weighted by atomic mass is 19.1. The van der Waals surface area contributed by atoms with Crippen molar-refractivity contribution in [3.63, 3.8) is 0 Å². The van der Waals surface area contributed by atoms with Crippen molar-refractivity contribution >= 4 is 5.91 Å². The highest BCUT2D eigenvalue weighted by molar-refractivity contribution is 5.92. The SMILES string of the molecule is O=C(c1ccn(-c2ccccc2F)n1)N1CCN(Cc2ccc3c(c2)CCO3)CC1. The van der Waals surface area contributed by atoms with E-state index in [2.05, 4.69) is 28.2 Å². The second kappa shape index (κ2) is 7.91. The standard InChI is InChI=1S/C23H23FN4O2/c24-19-3-1-2-4-21(19)28-9-7-20(25-28)23(29)27-12-10-26(11-13-27)16-17-5-6-22-18(15-17)8-14-30-22/h1-7,9,15H,8,10-14,16H2. The molecule has 3 aromatic rings. The number of halogens is 1. The minimum Gasteiger partial charge on any atom is -0.493 e. The highest BCUT2D eigenvalue weighted by Gasteiger charge is 2.24. The highest BCUT2D eigenvalue weighted by Crippen LogP contribution is 2.26. The van der Waals surface area contributed by atoms with Crippen molar-refractivity contribution < 1.29 is 13.9 Å². The van der Waals surface area contributed by atoms with E-state index >= 15 is 0 Å². The van der Waals surface area contributed by atoms with E-state index in [0.717, 1.165) is 38.4 Å². The first kappa shape index (κ1) is 18.8. The Hall–Kier alpha value is -3.19. The van der Waals surface area contributed by atoms with E-state index in [4.69, 9.17) is 4.74 Å². The first-order valence-corrected chi connectivity index (χ1v) is 10.2. The number of piperazine rings is 1. The fourth-order valence-electron chi connectivity index (χ4n) is 4.08. The average Bonchev–Trinajstić information content (AvgIpc) is 3.43. The lowest BCUT2D eigenvalue weighted by Gasteiger charge is -2.34. The van der Waals surface area contributed by atoms with Gasteiger partial charge in [-0.3, -0.25) is 9.69 Å². The van der Waals surface area contributed by atoms with Crippen molar-refractivity contribution in [3.8, 4) is 11.4 Å². The topological polar surface area (TPSA) is 50.6 Å². The first-order chi connectivity index (χ1) is 14.7. The molecule has 2 aliphatic heterocycles. The summed E-state index contributed by atoms with van der Waals surface area (Å²) < 4.78 is 21.0. The second-order valence-electron chi connectivity index (χ2n) is 7.71. The normalized spacial score (nSPS) is 16.4. The summed E-state index contributed by atoms with van der Waals surface area (Å²) in [6, 6.07) is 14.5. The van der Waals surface area contributed by atoms with Gasteiger partial charge in [0.15, 0.2) is 5.69 Å². The Morgan fingerprint density at radius 2 is 1.90 bits per heavy atom. The number of carbonyl (C=O) groups is 1. The molecule has 30 heavy (non-hydrogen) atoms. The summed E-state index contributed by atoms with van der Waals surface area (Å²) in [5.41, 5.74) is 3.24. The van der Waals surface area contributed by atoms with Crippen LogP contribution in [-0.4, -0.2) is 58.3 Å². The molecular formula is C23H23FN4O2. The van der Waals surface area contributed by atoms with Crippen LogP contribution in [0.2, 0.25) is 0 Å². The van der Waals surface area contributed by atoms with E-state index in [9.17, 15) is 9.18 Å². The van der Waals surface area contributed by atoms with Gasteiger partial charge in [-0.15, -0.1) is 0 Å². The summed E-state index contributed by atoms with van der Waals surface area (Å²) >= 11 is 0. The molecule has 0 N–H and O–H groups in total. The molecule has 154 valence electrons. The maximum atomic E-state index is 14.0. The Labute approximate surface area is 174 Å². The molecule has 1 fully saturated rings. The first-order valence-electron chi connectivity index (χ1n) is 10.2. The molecule has 2 aromatic carbocycles. The lowest BCUT2D eigenvalue weighted by atomic mass is 10.1. The van der Waals surface area contributed by atoms with Gasteiger partial charge in [0.05, 0.1) is 6.61 Å². The van der Waals surface area contributed by atoms with Crippen LogP contribution in [0.3, 0.4) is 0 Å². The summed E-state index contributed by atoms with van der Waals surface area (Å²) in [6.07, 6.45) is 2.60. The number of hydrogen-bond donors (Lipinski definition) is 0. The van der Waals surface area contributed by atoms with Gasteiger partial charge in [-0.05, 0) is 35.4 Å². The van der Waals surface area contributed by atoms with Crippen molar-refractivity contribution in [1.29, 1.82) is 0 Å². The molecule has 1 aromatic heterocycles. The summed E-state index contributed by atoms with van der Waals surface area (Å²) in [5, 5.41) is 4.30. The lowest BCUT2D eigenvalue weighted by molar-refractivity contribution is 0.0622. The number of benzene rings is 2. The van der Waals surface area contributed by atoms with E-state index in [1.165, 1.54) is 21.9 Å². The van der Waals surface area contributed by atoms with Crippen LogP contribution in [0.5, 0.6) is 5.75 Å². The van der Waals surface area contributed by atoms with E-state index in [0.29, 0.717) is 24.5 Å². The van der Waals surface area contributed by atoms with Crippen molar-refractivity contribution in [2.45, 2.75) is 13.0 Å². The van der Waals surface area contributed by atoms with Gasteiger partial charge in [-0.1, -0.05) is 24.3 Å². The van der Waals surface area contributed by atoms with Gasteiger partial charge in [-0.2, -0.15) is 5.10 Å². The molecular weight excluding hydrogens is 383 g/mol. The second-order valence-corrected chi connectivity index (χ2v) is 7.71. The van der Waals surface area contributed by atoms with Crippen molar-refractivity contribution in [2.75, 3.05) is 32.8 Å². The van der Waals surface area contributed by atoms with Gasteiger partial charge in [0.25, 0.3) is 5.91 Å². The maximum Gasteiger partial charge on any atom is 0.274 e. The van der Waals surface area contributed by atoms with E-state index in [1.54, 1.807) is 30.5 Å². The number of aromatic nitrogens is 2.